The lowest BCUT2D eigenvalue weighted by atomic mass is 9.91. The maximum Gasteiger partial charge on any atom is 0.128 e. The molecule has 480 valence electrons. The first kappa shape index (κ1) is 64.6. The Kier molecular flexibility index (Phi) is 18.9. The highest BCUT2D eigenvalue weighted by molar-refractivity contribution is 6.28. The molecule has 6 heteroatoms. The monoisotopic (exact) mass is 1260 g/mol. The van der Waals surface area contributed by atoms with E-state index in [0.717, 1.165) is 201 Å². The molecule has 0 spiro atoms. The SMILES string of the molecule is CC(C)CCOc1cc2c3ccc4c(cc(OCCC(C)C)c5ccc1c3c54)=C=C=C=C=c1cc(OCCC(C)C)c3ccc4c(OCCC(C)C)cc(c5ccc1c3c45)=C=C=C=C=c1cc(OCCC(C)C)c3ccc4c(OCCC(C)C)cc(c5ccc1c3c45)=C=C=C=C=2. The van der Waals surface area contributed by atoms with Gasteiger partial charge in [0.1, 0.15) is 34.5 Å². The second-order valence-electron chi connectivity index (χ2n) is 28.4. The lowest BCUT2D eigenvalue weighted by Gasteiger charge is -2.18. The van der Waals surface area contributed by atoms with Crippen molar-refractivity contribution < 1.29 is 28.4 Å². The topological polar surface area (TPSA) is 55.4 Å². The van der Waals surface area contributed by atoms with Crippen molar-refractivity contribution in [1.29, 1.82) is 0 Å². The molecule has 13 rings (SSSR count). The predicted molar refractivity (Wildman–Crippen MR) is 399 cm³/mol. The van der Waals surface area contributed by atoms with E-state index in [1.807, 2.05) is 0 Å². The molecule has 6 bridgehead atoms. The molecule has 0 radical (unpaired) electrons. The van der Waals surface area contributed by atoms with Crippen molar-refractivity contribution in [3.05, 3.63) is 175 Å². The molecule has 0 saturated heterocycles. The summed E-state index contributed by atoms with van der Waals surface area (Å²) >= 11 is 0. The molecular formula is C90H84O6. The van der Waals surface area contributed by atoms with Crippen molar-refractivity contribution in [1.82, 2.24) is 0 Å². The fraction of sp³-hybridized carbons (Fsp3) is 0.333. The van der Waals surface area contributed by atoms with Gasteiger partial charge in [-0.1, -0.05) is 154 Å². The number of hydrogen-bond donors (Lipinski definition) is 0. The van der Waals surface area contributed by atoms with E-state index < -0.39 is 0 Å². The summed E-state index contributed by atoms with van der Waals surface area (Å²) in [5.41, 5.74) is 41.4. The van der Waals surface area contributed by atoms with Crippen molar-refractivity contribution >= 4 is 131 Å². The van der Waals surface area contributed by atoms with Crippen LogP contribution in [0.1, 0.15) is 122 Å². The second kappa shape index (κ2) is 28.1. The standard InChI is InChI=1S/C90H84O6/c1-55(2)37-43-91-79-49-61-19-13-14-20-63-51-81(93-45-39-57(5)6)75-33-34-76-83(95-47-41-59(9)10)53-65(70-28-27-69(63)87(75)88(70)76)23-17-18-24-66-54-84(96-48-42-60(11)12)78-36-35-77-82(94-46-40-58(7)8)52-64(71-29-30-72(66)90(78)89(71)77)22-16-15-21-62-50-80(92-44-38-56(3)4)74-32-31-73(79)85-67(61)25-26-68(62)86(74)85/h25-36,49-60H,37-48H2,1-12H3. The van der Waals surface area contributed by atoms with E-state index in [4.69, 9.17) is 28.4 Å². The van der Waals surface area contributed by atoms with Crippen molar-refractivity contribution in [2.24, 2.45) is 35.5 Å². The summed E-state index contributed by atoms with van der Waals surface area (Å²) in [6.45, 7) is 30.1. The van der Waals surface area contributed by atoms with Crippen molar-refractivity contribution in [3.63, 3.8) is 0 Å². The highest BCUT2D eigenvalue weighted by Crippen LogP contribution is 2.43. The summed E-state index contributed by atoms with van der Waals surface area (Å²) in [4.78, 5) is 0. The average Bonchev–Trinajstić information content (AvgIpc) is 0.739. The Morgan fingerprint density at radius 1 is 0.208 bits per heavy atom. The Hall–Kier alpha value is -10.1. The number of hydrogen-bond acceptors (Lipinski definition) is 6. The molecule has 12 aromatic rings. The van der Waals surface area contributed by atoms with Crippen LogP contribution in [0, 0.1) is 35.5 Å². The molecule has 96 heavy (non-hydrogen) atoms. The van der Waals surface area contributed by atoms with E-state index in [2.05, 4.69) is 261 Å². The van der Waals surface area contributed by atoms with Crippen LogP contribution in [0.3, 0.4) is 0 Å². The molecule has 0 saturated carbocycles. The molecule has 0 amide bonds. The molecule has 12 aromatic carbocycles. The van der Waals surface area contributed by atoms with Gasteiger partial charge in [-0.15, -0.1) is 0 Å². The summed E-state index contributed by atoms with van der Waals surface area (Å²) < 4.78 is 40.8. The lowest BCUT2D eigenvalue weighted by Crippen LogP contribution is -2.10. The zero-order chi connectivity index (χ0) is 66.7. The van der Waals surface area contributed by atoms with Gasteiger partial charge >= 0.3 is 0 Å². The van der Waals surface area contributed by atoms with Crippen LogP contribution >= 0.6 is 0 Å². The number of rotatable bonds is 24. The predicted octanol–water partition coefficient (Wildman–Crippen LogP) is 18.2. The average molecular weight is 1260 g/mol. The quantitative estimate of drug-likeness (QED) is 0.0444. The Labute approximate surface area is 562 Å². The van der Waals surface area contributed by atoms with Crippen LogP contribution < -0.4 is 59.7 Å². The third kappa shape index (κ3) is 13.2. The minimum Gasteiger partial charge on any atom is -0.493 e. The van der Waals surface area contributed by atoms with Crippen molar-refractivity contribution in [2.45, 2.75) is 122 Å². The van der Waals surface area contributed by atoms with E-state index in [-0.39, 0.29) is 0 Å². The molecule has 0 N–H and O–H groups in total. The first-order valence-electron chi connectivity index (χ1n) is 34.8. The molecule has 0 unspecified atom stereocenters. The smallest absolute Gasteiger partial charge is 0.128 e. The fourth-order valence-electron chi connectivity index (χ4n) is 13.1. The Bertz CT molecular complexity index is 4910. The van der Waals surface area contributed by atoms with Gasteiger partial charge in [-0.3, -0.25) is 0 Å². The van der Waals surface area contributed by atoms with E-state index in [1.165, 1.54) is 0 Å². The number of benzene rings is 12. The van der Waals surface area contributed by atoms with Crippen LogP contribution in [0.2, 0.25) is 0 Å². The largest absolute Gasteiger partial charge is 0.493 e. The molecule has 0 heterocycles. The van der Waals surface area contributed by atoms with Gasteiger partial charge in [0.25, 0.3) is 0 Å². The van der Waals surface area contributed by atoms with Crippen LogP contribution in [-0.4, -0.2) is 39.6 Å². The van der Waals surface area contributed by atoms with Gasteiger partial charge in [-0.25, -0.2) is 0 Å². The minimum absolute atomic E-state index is 0.459. The fourth-order valence-corrected chi connectivity index (χ4v) is 13.1. The minimum atomic E-state index is 0.459. The van der Waals surface area contributed by atoms with E-state index in [0.29, 0.717) is 75.1 Å². The maximum atomic E-state index is 6.80. The van der Waals surface area contributed by atoms with Gasteiger partial charge in [-0.05, 0) is 214 Å². The van der Waals surface area contributed by atoms with Crippen LogP contribution in [0.4, 0.5) is 0 Å². The molecular weight excluding hydrogens is 1180 g/mol. The molecule has 6 nitrogen and oxygen atoms in total. The zero-order valence-electron chi connectivity index (χ0n) is 57.8. The number of fused-ring (bicyclic) bond motifs is 3. The summed E-state index contributed by atoms with van der Waals surface area (Å²) in [6.07, 6.45) is 5.40. The maximum absolute atomic E-state index is 6.80. The van der Waals surface area contributed by atoms with Gasteiger partial charge in [-0.2, -0.15) is 0 Å². The molecule has 0 aromatic heterocycles. The highest BCUT2D eigenvalue weighted by Gasteiger charge is 2.22. The van der Waals surface area contributed by atoms with E-state index in [9.17, 15) is 0 Å². The normalized spacial score (nSPS) is 12.2. The van der Waals surface area contributed by atoms with E-state index in [1.54, 1.807) is 0 Å². The summed E-state index contributed by atoms with van der Waals surface area (Å²) in [5.74, 6) is 7.40. The summed E-state index contributed by atoms with van der Waals surface area (Å²) in [6, 6.07) is 38.7. The Balaban J connectivity index is 1.24. The number of ether oxygens (including phenoxy) is 6. The first-order chi connectivity index (χ1) is 46.6. The zero-order valence-corrected chi connectivity index (χ0v) is 57.8. The van der Waals surface area contributed by atoms with Crippen LogP contribution in [0.15, 0.2) is 144 Å². The van der Waals surface area contributed by atoms with E-state index >= 15 is 0 Å². The molecule has 1 aliphatic rings. The van der Waals surface area contributed by atoms with Crippen molar-refractivity contribution in [3.8, 4) is 34.5 Å². The van der Waals surface area contributed by atoms with Crippen LogP contribution in [0.25, 0.3) is 131 Å². The van der Waals surface area contributed by atoms with Crippen LogP contribution in [0.5, 0.6) is 34.5 Å². The third-order valence-corrected chi connectivity index (χ3v) is 18.6. The van der Waals surface area contributed by atoms with Crippen molar-refractivity contribution in [2.75, 3.05) is 39.6 Å². The second-order valence-corrected chi connectivity index (χ2v) is 28.4. The third-order valence-electron chi connectivity index (χ3n) is 18.6. The van der Waals surface area contributed by atoms with Gasteiger partial charge in [0.2, 0.25) is 0 Å². The van der Waals surface area contributed by atoms with Gasteiger partial charge in [0.05, 0.1) is 39.6 Å². The molecule has 0 atom stereocenters. The summed E-state index contributed by atoms with van der Waals surface area (Å²) in [5, 5.41) is 23.1. The highest BCUT2D eigenvalue weighted by atomic mass is 16.5. The first-order valence-corrected chi connectivity index (χ1v) is 34.8. The molecule has 0 aliphatic heterocycles. The lowest BCUT2D eigenvalue weighted by molar-refractivity contribution is 0.292. The van der Waals surface area contributed by atoms with Gasteiger partial charge in [0.15, 0.2) is 0 Å². The molecule has 0 fully saturated rings. The van der Waals surface area contributed by atoms with Gasteiger partial charge < -0.3 is 28.4 Å². The van der Waals surface area contributed by atoms with Gasteiger partial charge in [0, 0.05) is 95.9 Å². The Morgan fingerprint density at radius 3 is 0.479 bits per heavy atom. The summed E-state index contributed by atoms with van der Waals surface area (Å²) in [7, 11) is 0. The Morgan fingerprint density at radius 2 is 0.344 bits per heavy atom. The van der Waals surface area contributed by atoms with Crippen LogP contribution in [-0.2, 0) is 0 Å². The molecule has 1 aliphatic carbocycles.